The maximum absolute atomic E-state index is 10.2. The van der Waals surface area contributed by atoms with Gasteiger partial charge in [0.15, 0.2) is 22.8 Å². The Morgan fingerprint density at radius 3 is 2.81 bits per heavy atom. The lowest BCUT2D eigenvalue weighted by Gasteiger charge is -2.14. The van der Waals surface area contributed by atoms with Crippen LogP contribution in [-0.2, 0) is 4.74 Å². The lowest BCUT2D eigenvalue weighted by atomic mass is 10.1. The molecule has 6 rings (SSSR count). The summed E-state index contributed by atoms with van der Waals surface area (Å²) in [6, 6.07) is 9.78. The molecule has 1 aromatic carbocycles. The van der Waals surface area contributed by atoms with Crippen LogP contribution >= 0.6 is 0 Å². The zero-order chi connectivity index (χ0) is 21.8. The van der Waals surface area contributed by atoms with Gasteiger partial charge in [-0.15, -0.1) is 0 Å². The van der Waals surface area contributed by atoms with Crippen molar-refractivity contribution in [3.63, 3.8) is 0 Å². The third kappa shape index (κ3) is 3.24. The molecule has 10 heteroatoms. The van der Waals surface area contributed by atoms with Gasteiger partial charge in [0.2, 0.25) is 0 Å². The number of benzene rings is 1. The van der Waals surface area contributed by atoms with Gasteiger partial charge in [0.25, 0.3) is 0 Å². The Hall–Kier alpha value is -3.34. The number of fused-ring (bicyclic) bond motifs is 2. The monoisotopic (exact) mass is 433 g/mol. The second-order valence-electron chi connectivity index (χ2n) is 8.36. The minimum absolute atomic E-state index is 0.247. The first-order chi connectivity index (χ1) is 15.6. The van der Waals surface area contributed by atoms with Crippen LogP contribution in [0.15, 0.2) is 36.7 Å². The Bertz CT molecular complexity index is 1320. The first-order valence-electron chi connectivity index (χ1n) is 10.7. The fourth-order valence-corrected chi connectivity index (χ4v) is 4.12. The predicted molar refractivity (Wildman–Crippen MR) is 119 cm³/mol. The lowest BCUT2D eigenvalue weighted by molar-refractivity contribution is -0.0432. The third-order valence-corrected chi connectivity index (χ3v) is 6.03. The van der Waals surface area contributed by atoms with Gasteiger partial charge in [-0.2, -0.15) is 0 Å². The smallest absolute Gasteiger partial charge is 0.182 e. The normalized spacial score (nSPS) is 23.2. The summed E-state index contributed by atoms with van der Waals surface area (Å²) in [5.41, 5.74) is 9.35. The van der Waals surface area contributed by atoms with Crippen LogP contribution < -0.4 is 11.1 Å². The number of nitrogens with one attached hydrogen (secondary N) is 1. The van der Waals surface area contributed by atoms with E-state index in [1.54, 1.807) is 10.9 Å². The summed E-state index contributed by atoms with van der Waals surface area (Å²) in [4.78, 5) is 18.8. The maximum atomic E-state index is 10.2. The van der Waals surface area contributed by atoms with E-state index in [2.05, 4.69) is 10.3 Å². The first kappa shape index (κ1) is 19.4. The number of nitrogens with zero attached hydrogens (tertiary/aromatic N) is 5. The Morgan fingerprint density at radius 2 is 2.03 bits per heavy atom. The van der Waals surface area contributed by atoms with E-state index in [9.17, 15) is 10.2 Å². The van der Waals surface area contributed by atoms with Gasteiger partial charge >= 0.3 is 0 Å². The van der Waals surface area contributed by atoms with Crippen molar-refractivity contribution >= 4 is 33.6 Å². The maximum Gasteiger partial charge on any atom is 0.182 e. The van der Waals surface area contributed by atoms with Gasteiger partial charge in [-0.1, -0.05) is 6.07 Å². The topological polar surface area (TPSA) is 144 Å². The summed E-state index contributed by atoms with van der Waals surface area (Å²) in [5.74, 6) is 1.11. The molecule has 0 amide bonds. The molecular weight excluding hydrogens is 410 g/mol. The van der Waals surface area contributed by atoms with Gasteiger partial charge in [0, 0.05) is 23.5 Å². The number of ether oxygens (including phenoxy) is 1. The fourth-order valence-electron chi connectivity index (χ4n) is 4.12. The number of aromatic nitrogens is 5. The van der Waals surface area contributed by atoms with E-state index in [1.807, 2.05) is 30.3 Å². The van der Waals surface area contributed by atoms with Crippen molar-refractivity contribution in [1.29, 1.82) is 0 Å². The van der Waals surface area contributed by atoms with E-state index in [-0.39, 0.29) is 6.61 Å². The summed E-state index contributed by atoms with van der Waals surface area (Å²) < 4.78 is 7.63. The van der Waals surface area contributed by atoms with E-state index >= 15 is 0 Å². The average molecular weight is 433 g/mol. The van der Waals surface area contributed by atoms with Crippen molar-refractivity contribution < 1.29 is 14.9 Å². The second-order valence-corrected chi connectivity index (χ2v) is 8.36. The number of nitrogen functional groups attached to an aromatic ring is 1. The Kier molecular flexibility index (Phi) is 4.46. The second kappa shape index (κ2) is 7.37. The molecule has 1 aliphatic heterocycles. The highest BCUT2D eigenvalue weighted by molar-refractivity contribution is 5.92. The van der Waals surface area contributed by atoms with Crippen LogP contribution in [-0.4, -0.2) is 59.6 Å². The zero-order valence-electron chi connectivity index (χ0n) is 17.2. The van der Waals surface area contributed by atoms with E-state index < -0.39 is 18.4 Å². The Labute approximate surface area is 183 Å². The number of nitrogens with two attached hydrogens (primary N) is 1. The molecule has 3 aromatic heterocycles. The molecule has 4 heterocycles. The minimum Gasteiger partial charge on any atom is -0.398 e. The number of hydrogen-bond acceptors (Lipinski definition) is 9. The molecular formula is C22H23N7O3. The third-order valence-electron chi connectivity index (χ3n) is 6.03. The van der Waals surface area contributed by atoms with Gasteiger partial charge in [-0.3, -0.25) is 4.57 Å². The fraction of sp³-hybridized carbons (Fsp3) is 0.364. The van der Waals surface area contributed by atoms with Crippen LogP contribution in [0, 0.1) is 0 Å². The van der Waals surface area contributed by atoms with Crippen molar-refractivity contribution in [2.45, 2.75) is 43.7 Å². The summed E-state index contributed by atoms with van der Waals surface area (Å²) in [7, 11) is 0. The summed E-state index contributed by atoms with van der Waals surface area (Å²) in [5, 5.41) is 24.0. The van der Waals surface area contributed by atoms with Gasteiger partial charge < -0.3 is 26.0 Å². The SMILES string of the molecule is Nc1cccc2nc(-c3nc(NC4CC4)c4ncn([C@H]5C[C@H](O)[C@@H](CO)O5)c4n3)ccc12. The molecule has 10 nitrogen and oxygen atoms in total. The molecule has 32 heavy (non-hydrogen) atoms. The van der Waals surface area contributed by atoms with Crippen molar-refractivity contribution in [1.82, 2.24) is 24.5 Å². The van der Waals surface area contributed by atoms with Gasteiger partial charge in [0.05, 0.1) is 24.6 Å². The predicted octanol–water partition coefficient (Wildman–Crippen LogP) is 1.84. The first-order valence-corrected chi connectivity index (χ1v) is 10.7. The van der Waals surface area contributed by atoms with Crippen molar-refractivity contribution in [3.8, 4) is 11.5 Å². The van der Waals surface area contributed by atoms with E-state index in [0.717, 1.165) is 23.7 Å². The van der Waals surface area contributed by atoms with Gasteiger partial charge in [0.1, 0.15) is 18.0 Å². The molecule has 5 N–H and O–H groups in total. The largest absolute Gasteiger partial charge is 0.398 e. The molecule has 1 saturated heterocycles. The van der Waals surface area contributed by atoms with Gasteiger partial charge in [-0.05, 0) is 37.1 Å². The van der Waals surface area contributed by atoms with Crippen LogP contribution in [0.3, 0.4) is 0 Å². The number of imidazole rings is 1. The molecule has 0 radical (unpaired) electrons. The highest BCUT2D eigenvalue weighted by Gasteiger charge is 2.36. The molecule has 1 saturated carbocycles. The van der Waals surface area contributed by atoms with E-state index in [0.29, 0.717) is 46.7 Å². The number of rotatable bonds is 5. The number of aliphatic hydroxyl groups is 2. The molecule has 0 bridgehead atoms. The molecule has 2 fully saturated rings. The van der Waals surface area contributed by atoms with Crippen LogP contribution in [0.4, 0.5) is 11.5 Å². The molecule has 0 spiro atoms. The number of anilines is 2. The van der Waals surface area contributed by atoms with Crippen molar-refractivity contribution in [2.24, 2.45) is 0 Å². The molecule has 3 atom stereocenters. The Balaban J connectivity index is 1.48. The number of aliphatic hydroxyl groups excluding tert-OH is 2. The van der Waals surface area contributed by atoms with Crippen molar-refractivity contribution in [3.05, 3.63) is 36.7 Å². The van der Waals surface area contributed by atoms with E-state index in [4.69, 9.17) is 25.4 Å². The summed E-state index contributed by atoms with van der Waals surface area (Å²) in [6.45, 7) is -0.247. The average Bonchev–Trinajstić information content (AvgIpc) is 3.38. The zero-order valence-corrected chi connectivity index (χ0v) is 17.2. The Morgan fingerprint density at radius 1 is 1.16 bits per heavy atom. The summed E-state index contributed by atoms with van der Waals surface area (Å²) >= 11 is 0. The number of pyridine rings is 1. The highest BCUT2D eigenvalue weighted by atomic mass is 16.5. The van der Waals surface area contributed by atoms with Crippen LogP contribution in [0.1, 0.15) is 25.5 Å². The minimum atomic E-state index is -0.750. The molecule has 2 aliphatic rings. The lowest BCUT2D eigenvalue weighted by Crippen LogP contribution is -2.24. The molecule has 164 valence electrons. The van der Waals surface area contributed by atoms with Crippen LogP contribution in [0.5, 0.6) is 0 Å². The number of hydrogen-bond donors (Lipinski definition) is 4. The van der Waals surface area contributed by atoms with Crippen LogP contribution in [0.25, 0.3) is 33.6 Å². The summed E-state index contributed by atoms with van der Waals surface area (Å²) in [6.07, 6.45) is 2.31. The molecule has 4 aromatic rings. The molecule has 0 unspecified atom stereocenters. The van der Waals surface area contributed by atoms with Crippen LogP contribution in [0.2, 0.25) is 0 Å². The van der Waals surface area contributed by atoms with E-state index in [1.165, 1.54) is 0 Å². The van der Waals surface area contributed by atoms with Crippen molar-refractivity contribution in [2.75, 3.05) is 17.7 Å². The molecule has 1 aliphatic carbocycles. The standard InChI is InChI=1S/C22H23N7O3/c23-13-2-1-3-14-12(13)6-7-15(26-14)20-27-21(25-11-4-5-11)19-22(28-20)29(10-24-19)18-8-16(31)17(9-30)32-18/h1-3,6-7,10-11,16-18,30-31H,4-5,8-9,23H2,(H,25,27,28)/t16-,17+,18+/m0/s1. The quantitative estimate of drug-likeness (QED) is 0.346. The van der Waals surface area contributed by atoms with Gasteiger partial charge in [-0.25, -0.2) is 19.9 Å². The highest BCUT2D eigenvalue weighted by Crippen LogP contribution is 2.34.